The number of rotatable bonds is 3. The number of pyridine rings is 1. The molecule has 21 heavy (non-hydrogen) atoms. The smallest absolute Gasteiger partial charge is 0.166 e. The van der Waals surface area contributed by atoms with Crippen LogP contribution in [0.3, 0.4) is 0 Å². The number of hydrogen-bond acceptors (Lipinski definition) is 3. The van der Waals surface area contributed by atoms with Gasteiger partial charge in [-0.2, -0.15) is 0 Å². The summed E-state index contributed by atoms with van der Waals surface area (Å²) >= 11 is 5.79. The molecule has 0 fully saturated rings. The minimum absolute atomic E-state index is 0.254. The maximum absolute atomic E-state index is 13.4. The third kappa shape index (κ3) is 2.90. The molecule has 0 radical (unpaired) electrons. The normalized spacial score (nSPS) is 10.8. The molecule has 2 N–H and O–H groups in total. The minimum atomic E-state index is -0.720. The van der Waals surface area contributed by atoms with Crippen LogP contribution in [-0.2, 0) is 6.54 Å². The molecule has 3 rings (SSSR count). The van der Waals surface area contributed by atoms with E-state index < -0.39 is 5.82 Å². The van der Waals surface area contributed by atoms with Crippen LogP contribution in [0.25, 0.3) is 10.9 Å². The zero-order chi connectivity index (χ0) is 14.8. The molecule has 0 aliphatic carbocycles. The van der Waals surface area contributed by atoms with E-state index >= 15 is 0 Å². The van der Waals surface area contributed by atoms with Gasteiger partial charge >= 0.3 is 0 Å². The highest BCUT2D eigenvalue weighted by molar-refractivity contribution is 6.30. The average molecular weight is 303 g/mol. The van der Waals surface area contributed by atoms with Gasteiger partial charge in [-0.1, -0.05) is 17.7 Å². The van der Waals surface area contributed by atoms with Crippen LogP contribution >= 0.6 is 11.6 Å². The predicted molar refractivity (Wildman–Crippen MR) is 82.1 cm³/mol. The number of phenols is 1. The zero-order valence-corrected chi connectivity index (χ0v) is 11.7. The number of nitrogens with zero attached hydrogens (tertiary/aromatic N) is 1. The Morgan fingerprint density at radius 3 is 2.90 bits per heavy atom. The topological polar surface area (TPSA) is 45.1 Å². The van der Waals surface area contributed by atoms with Crippen molar-refractivity contribution in [2.45, 2.75) is 6.54 Å². The van der Waals surface area contributed by atoms with Crippen molar-refractivity contribution in [1.82, 2.24) is 4.98 Å². The van der Waals surface area contributed by atoms with Gasteiger partial charge in [-0.25, -0.2) is 4.39 Å². The summed E-state index contributed by atoms with van der Waals surface area (Å²) in [6.45, 7) is 0.273. The Bertz CT molecular complexity index is 807. The van der Waals surface area contributed by atoms with E-state index in [1.54, 1.807) is 6.20 Å². The lowest BCUT2D eigenvalue weighted by atomic mass is 10.1. The molecule has 0 saturated carbocycles. The maximum Gasteiger partial charge on any atom is 0.166 e. The second-order valence-corrected chi connectivity index (χ2v) is 5.10. The average Bonchev–Trinajstić information content (AvgIpc) is 2.49. The first-order chi connectivity index (χ1) is 10.1. The number of anilines is 1. The number of hydrogen-bond donors (Lipinski definition) is 2. The Kier molecular flexibility index (Phi) is 3.62. The summed E-state index contributed by atoms with van der Waals surface area (Å²) in [6.07, 6.45) is 1.74. The van der Waals surface area contributed by atoms with Gasteiger partial charge in [0.05, 0.1) is 5.52 Å². The molecular weight excluding hydrogens is 291 g/mol. The van der Waals surface area contributed by atoms with Crippen LogP contribution in [0.5, 0.6) is 5.75 Å². The number of fused-ring (bicyclic) bond motifs is 1. The van der Waals surface area contributed by atoms with Crippen molar-refractivity contribution < 1.29 is 9.50 Å². The molecule has 3 aromatic rings. The molecule has 0 aliphatic rings. The number of nitrogens with one attached hydrogen (secondary N) is 1. The summed E-state index contributed by atoms with van der Waals surface area (Å²) in [5.74, 6) is -1.10. The van der Waals surface area contributed by atoms with Gasteiger partial charge in [0, 0.05) is 34.4 Å². The summed E-state index contributed by atoms with van der Waals surface area (Å²) in [7, 11) is 0. The van der Waals surface area contributed by atoms with E-state index in [9.17, 15) is 9.50 Å². The van der Waals surface area contributed by atoms with Crippen LogP contribution in [0.2, 0.25) is 5.02 Å². The maximum atomic E-state index is 13.4. The fourth-order valence-electron chi connectivity index (χ4n) is 2.14. The predicted octanol–water partition coefficient (Wildman–Crippen LogP) is 4.35. The summed E-state index contributed by atoms with van der Waals surface area (Å²) in [5, 5.41) is 14.1. The van der Waals surface area contributed by atoms with E-state index in [-0.39, 0.29) is 17.3 Å². The van der Waals surface area contributed by atoms with Crippen LogP contribution in [0.1, 0.15) is 5.56 Å². The van der Waals surface area contributed by atoms with Crippen LogP contribution in [-0.4, -0.2) is 10.1 Å². The van der Waals surface area contributed by atoms with E-state index in [1.807, 2.05) is 30.3 Å². The second kappa shape index (κ2) is 5.58. The van der Waals surface area contributed by atoms with E-state index in [4.69, 9.17) is 11.6 Å². The van der Waals surface area contributed by atoms with Crippen molar-refractivity contribution in [3.63, 3.8) is 0 Å². The standard InChI is InChI=1S/C16H12ClFN2O/c17-12-6-11(16(21)14(18)8-12)9-20-13-3-4-15-10(7-13)2-1-5-19-15/h1-8,20-21H,9H2. The van der Waals surface area contributed by atoms with Gasteiger partial charge in [0.1, 0.15) is 0 Å². The molecule has 0 amide bonds. The number of benzene rings is 2. The van der Waals surface area contributed by atoms with Crippen LogP contribution in [0.15, 0.2) is 48.7 Å². The Labute approximate surface area is 126 Å². The lowest BCUT2D eigenvalue weighted by Crippen LogP contribution is -2.00. The number of aromatic nitrogens is 1. The molecule has 0 atom stereocenters. The van der Waals surface area contributed by atoms with Gasteiger partial charge in [-0.15, -0.1) is 0 Å². The van der Waals surface area contributed by atoms with Crippen LogP contribution < -0.4 is 5.32 Å². The number of phenolic OH excluding ortho intramolecular Hbond substituents is 1. The first-order valence-electron chi connectivity index (χ1n) is 6.39. The Morgan fingerprint density at radius 2 is 2.05 bits per heavy atom. The summed E-state index contributed by atoms with van der Waals surface area (Å²) in [4.78, 5) is 4.24. The lowest BCUT2D eigenvalue weighted by molar-refractivity contribution is 0.427. The summed E-state index contributed by atoms with van der Waals surface area (Å²) < 4.78 is 13.4. The molecular formula is C16H12ClFN2O. The van der Waals surface area contributed by atoms with E-state index in [2.05, 4.69) is 10.3 Å². The molecule has 2 aromatic carbocycles. The highest BCUT2D eigenvalue weighted by Gasteiger charge is 2.09. The quantitative estimate of drug-likeness (QED) is 0.756. The number of halogens is 2. The van der Waals surface area contributed by atoms with Crippen molar-refractivity contribution >= 4 is 28.2 Å². The molecule has 0 spiro atoms. The molecule has 0 saturated heterocycles. The highest BCUT2D eigenvalue weighted by atomic mass is 35.5. The van der Waals surface area contributed by atoms with Crippen molar-refractivity contribution in [3.05, 3.63) is 65.1 Å². The molecule has 1 aromatic heterocycles. The first kappa shape index (κ1) is 13.6. The van der Waals surface area contributed by atoms with Crippen molar-refractivity contribution in [2.24, 2.45) is 0 Å². The van der Waals surface area contributed by atoms with E-state index in [0.717, 1.165) is 22.7 Å². The Hall–Kier alpha value is -2.33. The van der Waals surface area contributed by atoms with Crippen LogP contribution in [0, 0.1) is 5.82 Å². The fourth-order valence-corrected chi connectivity index (χ4v) is 2.36. The molecule has 106 valence electrons. The fraction of sp³-hybridized carbons (Fsp3) is 0.0625. The summed E-state index contributed by atoms with van der Waals surface area (Å²) in [6, 6.07) is 12.2. The van der Waals surface area contributed by atoms with E-state index in [0.29, 0.717) is 5.56 Å². The van der Waals surface area contributed by atoms with Crippen molar-refractivity contribution in [3.8, 4) is 5.75 Å². The second-order valence-electron chi connectivity index (χ2n) is 4.66. The van der Waals surface area contributed by atoms with Gasteiger partial charge in [0.2, 0.25) is 0 Å². The third-order valence-electron chi connectivity index (χ3n) is 3.19. The minimum Gasteiger partial charge on any atom is -0.505 e. The summed E-state index contributed by atoms with van der Waals surface area (Å²) in [5.41, 5.74) is 2.17. The van der Waals surface area contributed by atoms with Gasteiger partial charge < -0.3 is 10.4 Å². The van der Waals surface area contributed by atoms with Gasteiger partial charge in [0.15, 0.2) is 11.6 Å². The van der Waals surface area contributed by atoms with Crippen LogP contribution in [0.4, 0.5) is 10.1 Å². The SMILES string of the molecule is Oc1c(F)cc(Cl)cc1CNc1ccc2ncccc2c1. The molecule has 0 bridgehead atoms. The largest absolute Gasteiger partial charge is 0.505 e. The van der Waals surface area contributed by atoms with Gasteiger partial charge in [0.25, 0.3) is 0 Å². The monoisotopic (exact) mass is 302 g/mol. The molecule has 0 aliphatic heterocycles. The molecule has 0 unspecified atom stereocenters. The third-order valence-corrected chi connectivity index (χ3v) is 3.41. The zero-order valence-electron chi connectivity index (χ0n) is 11.0. The first-order valence-corrected chi connectivity index (χ1v) is 6.77. The van der Waals surface area contributed by atoms with Gasteiger partial charge in [-0.05, 0) is 36.4 Å². The van der Waals surface area contributed by atoms with Gasteiger partial charge in [-0.3, -0.25) is 4.98 Å². The lowest BCUT2D eigenvalue weighted by Gasteiger charge is -2.10. The molecule has 5 heteroatoms. The molecule has 1 heterocycles. The molecule has 3 nitrogen and oxygen atoms in total. The Balaban J connectivity index is 1.83. The van der Waals surface area contributed by atoms with Crippen molar-refractivity contribution in [2.75, 3.05) is 5.32 Å². The highest BCUT2D eigenvalue weighted by Crippen LogP contribution is 2.27. The van der Waals surface area contributed by atoms with Crippen molar-refractivity contribution in [1.29, 1.82) is 0 Å². The Morgan fingerprint density at radius 1 is 1.19 bits per heavy atom. The van der Waals surface area contributed by atoms with E-state index in [1.165, 1.54) is 6.07 Å². The number of aromatic hydroxyl groups is 1.